The number of ether oxygens (including phenoxy) is 2. The van der Waals surface area contributed by atoms with Crippen molar-refractivity contribution in [2.24, 2.45) is 5.92 Å². The lowest BCUT2D eigenvalue weighted by Gasteiger charge is -2.11. The summed E-state index contributed by atoms with van der Waals surface area (Å²) in [6.45, 7) is 8.55. The number of rotatable bonds is 7. The Labute approximate surface area is 170 Å². The molecule has 0 aliphatic carbocycles. The maximum Gasteiger partial charge on any atom is 0.322 e. The summed E-state index contributed by atoms with van der Waals surface area (Å²) in [4.78, 5) is 21.1. The third-order valence-electron chi connectivity index (χ3n) is 3.96. The SMILES string of the molecule is Cc1cc(C)nc(Oc2ccc(NC(=O)c3cccc(OCC(C)C)c3)cc2)n1. The van der Waals surface area contributed by atoms with Crippen LogP contribution in [0.15, 0.2) is 54.6 Å². The van der Waals surface area contributed by atoms with E-state index in [1.54, 1.807) is 36.4 Å². The fraction of sp³-hybridized carbons (Fsp3) is 0.261. The molecule has 3 aromatic rings. The predicted octanol–water partition coefficient (Wildman–Crippen LogP) is 5.17. The predicted molar refractivity (Wildman–Crippen MR) is 113 cm³/mol. The average molecular weight is 391 g/mol. The van der Waals surface area contributed by atoms with Crippen molar-refractivity contribution >= 4 is 11.6 Å². The zero-order chi connectivity index (χ0) is 20.8. The van der Waals surface area contributed by atoms with Gasteiger partial charge < -0.3 is 14.8 Å². The molecular weight excluding hydrogens is 366 g/mol. The molecule has 1 heterocycles. The molecule has 6 heteroatoms. The van der Waals surface area contributed by atoms with E-state index in [1.165, 1.54) is 0 Å². The van der Waals surface area contributed by atoms with E-state index in [0.717, 1.165) is 11.4 Å². The minimum absolute atomic E-state index is 0.202. The maximum atomic E-state index is 12.5. The van der Waals surface area contributed by atoms with Gasteiger partial charge >= 0.3 is 6.01 Å². The minimum Gasteiger partial charge on any atom is -0.493 e. The van der Waals surface area contributed by atoms with Crippen molar-refractivity contribution in [2.45, 2.75) is 27.7 Å². The number of aromatic nitrogens is 2. The molecule has 0 aliphatic heterocycles. The second kappa shape index (κ2) is 9.19. The Morgan fingerprint density at radius 1 is 0.966 bits per heavy atom. The molecule has 0 saturated carbocycles. The molecule has 150 valence electrons. The quantitative estimate of drug-likeness (QED) is 0.601. The molecule has 29 heavy (non-hydrogen) atoms. The highest BCUT2D eigenvalue weighted by Gasteiger charge is 2.09. The van der Waals surface area contributed by atoms with Gasteiger partial charge in [0.1, 0.15) is 11.5 Å². The fourth-order valence-corrected chi connectivity index (χ4v) is 2.64. The normalized spacial score (nSPS) is 10.7. The van der Waals surface area contributed by atoms with Crippen LogP contribution >= 0.6 is 0 Å². The Balaban J connectivity index is 1.63. The second-order valence-electron chi connectivity index (χ2n) is 7.25. The average Bonchev–Trinajstić information content (AvgIpc) is 2.67. The molecule has 1 aromatic heterocycles. The molecule has 0 saturated heterocycles. The summed E-state index contributed by atoms with van der Waals surface area (Å²) < 4.78 is 11.4. The molecule has 0 bridgehead atoms. The number of amides is 1. The summed E-state index contributed by atoms with van der Waals surface area (Å²) in [5.74, 6) is 1.49. The topological polar surface area (TPSA) is 73.3 Å². The highest BCUT2D eigenvalue weighted by atomic mass is 16.5. The molecule has 0 aliphatic rings. The van der Waals surface area contributed by atoms with Gasteiger partial charge in [-0.1, -0.05) is 19.9 Å². The van der Waals surface area contributed by atoms with E-state index in [-0.39, 0.29) is 5.91 Å². The van der Waals surface area contributed by atoms with Crippen LogP contribution in [-0.4, -0.2) is 22.5 Å². The summed E-state index contributed by atoms with van der Waals surface area (Å²) in [5, 5.41) is 2.88. The van der Waals surface area contributed by atoms with Gasteiger partial charge in [0.15, 0.2) is 0 Å². The fourth-order valence-electron chi connectivity index (χ4n) is 2.64. The molecule has 1 N–H and O–H groups in total. The van der Waals surface area contributed by atoms with Crippen molar-refractivity contribution in [3.05, 3.63) is 71.5 Å². The smallest absolute Gasteiger partial charge is 0.322 e. The summed E-state index contributed by atoms with van der Waals surface area (Å²) in [6.07, 6.45) is 0. The molecule has 0 fully saturated rings. The number of nitrogens with zero attached hydrogens (tertiary/aromatic N) is 2. The summed E-state index contributed by atoms with van der Waals surface area (Å²) in [5.41, 5.74) is 2.89. The Hall–Kier alpha value is -3.41. The lowest BCUT2D eigenvalue weighted by Crippen LogP contribution is -2.12. The number of hydrogen-bond acceptors (Lipinski definition) is 5. The molecule has 2 aromatic carbocycles. The Morgan fingerprint density at radius 3 is 2.31 bits per heavy atom. The lowest BCUT2D eigenvalue weighted by molar-refractivity contribution is 0.102. The van der Waals surface area contributed by atoms with Crippen LogP contribution in [0.2, 0.25) is 0 Å². The van der Waals surface area contributed by atoms with Crippen LogP contribution in [0.1, 0.15) is 35.6 Å². The largest absolute Gasteiger partial charge is 0.493 e. The zero-order valence-electron chi connectivity index (χ0n) is 17.1. The number of nitrogens with one attached hydrogen (secondary N) is 1. The van der Waals surface area contributed by atoms with E-state index in [0.29, 0.717) is 41.3 Å². The van der Waals surface area contributed by atoms with E-state index >= 15 is 0 Å². The highest BCUT2D eigenvalue weighted by molar-refractivity contribution is 6.04. The van der Waals surface area contributed by atoms with Gasteiger partial charge in [-0.3, -0.25) is 4.79 Å². The Bertz CT molecular complexity index is 965. The van der Waals surface area contributed by atoms with Crippen molar-refractivity contribution < 1.29 is 14.3 Å². The molecule has 0 unspecified atom stereocenters. The number of hydrogen-bond donors (Lipinski definition) is 1. The first kappa shape index (κ1) is 20.3. The first-order chi connectivity index (χ1) is 13.9. The zero-order valence-corrected chi connectivity index (χ0v) is 17.1. The molecule has 0 radical (unpaired) electrons. The van der Waals surface area contributed by atoms with Gasteiger partial charge in [0.05, 0.1) is 6.61 Å². The first-order valence-corrected chi connectivity index (χ1v) is 9.53. The standard InChI is InChI=1S/C23H25N3O3/c1-15(2)14-28-21-7-5-6-18(13-21)22(27)26-19-8-10-20(11-9-19)29-23-24-16(3)12-17(4)25-23/h5-13,15H,14H2,1-4H3,(H,26,27). The second-order valence-corrected chi connectivity index (χ2v) is 7.25. The molecular formula is C23H25N3O3. The minimum atomic E-state index is -0.202. The van der Waals surface area contributed by atoms with E-state index in [9.17, 15) is 4.79 Å². The van der Waals surface area contributed by atoms with Gasteiger partial charge in [-0.25, -0.2) is 9.97 Å². The van der Waals surface area contributed by atoms with Crippen molar-refractivity contribution in [1.29, 1.82) is 0 Å². The Kier molecular flexibility index (Phi) is 6.44. The van der Waals surface area contributed by atoms with E-state index in [4.69, 9.17) is 9.47 Å². The van der Waals surface area contributed by atoms with Crippen LogP contribution in [0.5, 0.6) is 17.5 Å². The van der Waals surface area contributed by atoms with Crippen LogP contribution < -0.4 is 14.8 Å². The van der Waals surface area contributed by atoms with Crippen LogP contribution in [-0.2, 0) is 0 Å². The maximum absolute atomic E-state index is 12.5. The molecule has 1 amide bonds. The van der Waals surface area contributed by atoms with Gasteiger partial charge in [-0.15, -0.1) is 0 Å². The summed E-state index contributed by atoms with van der Waals surface area (Å²) in [6, 6.07) is 16.4. The molecule has 6 nitrogen and oxygen atoms in total. The molecule has 0 spiro atoms. The van der Waals surface area contributed by atoms with Gasteiger partial charge in [0.25, 0.3) is 5.91 Å². The first-order valence-electron chi connectivity index (χ1n) is 9.53. The third kappa shape index (κ3) is 6.04. The lowest BCUT2D eigenvalue weighted by atomic mass is 10.2. The number of aryl methyl sites for hydroxylation is 2. The number of carbonyl (C=O) groups is 1. The van der Waals surface area contributed by atoms with Gasteiger partial charge in [-0.05, 0) is 68.3 Å². The van der Waals surface area contributed by atoms with Crippen LogP contribution in [0.3, 0.4) is 0 Å². The highest BCUT2D eigenvalue weighted by Crippen LogP contribution is 2.22. The molecule has 3 rings (SSSR count). The van der Waals surface area contributed by atoms with Crippen molar-refractivity contribution in [1.82, 2.24) is 9.97 Å². The third-order valence-corrected chi connectivity index (χ3v) is 3.96. The number of carbonyl (C=O) groups excluding carboxylic acids is 1. The summed E-state index contributed by atoms with van der Waals surface area (Å²) >= 11 is 0. The number of benzene rings is 2. The molecule has 0 atom stereocenters. The van der Waals surface area contributed by atoms with E-state index in [1.807, 2.05) is 32.0 Å². The van der Waals surface area contributed by atoms with E-state index < -0.39 is 0 Å². The van der Waals surface area contributed by atoms with Gasteiger partial charge in [-0.2, -0.15) is 0 Å². The van der Waals surface area contributed by atoms with E-state index in [2.05, 4.69) is 29.1 Å². The summed E-state index contributed by atoms with van der Waals surface area (Å²) in [7, 11) is 0. The number of anilines is 1. The van der Waals surface area contributed by atoms with Crippen LogP contribution in [0.4, 0.5) is 5.69 Å². The van der Waals surface area contributed by atoms with Gasteiger partial charge in [0.2, 0.25) is 0 Å². The van der Waals surface area contributed by atoms with Gasteiger partial charge in [0, 0.05) is 22.6 Å². The van der Waals surface area contributed by atoms with Crippen LogP contribution in [0, 0.1) is 19.8 Å². The monoisotopic (exact) mass is 391 g/mol. The van der Waals surface area contributed by atoms with Crippen molar-refractivity contribution in [3.8, 4) is 17.5 Å². The Morgan fingerprint density at radius 2 is 1.66 bits per heavy atom. The van der Waals surface area contributed by atoms with Crippen molar-refractivity contribution in [3.63, 3.8) is 0 Å². The van der Waals surface area contributed by atoms with Crippen molar-refractivity contribution in [2.75, 3.05) is 11.9 Å². The van der Waals surface area contributed by atoms with Crippen LogP contribution in [0.25, 0.3) is 0 Å².